The second-order valence-corrected chi connectivity index (χ2v) is 7.42. The number of carboxylic acids is 1. The van der Waals surface area contributed by atoms with Gasteiger partial charge in [-0.1, -0.05) is 39.0 Å². The number of hydrogen-bond acceptors (Lipinski definition) is 3. The molecule has 1 rings (SSSR count). The molecule has 0 fully saturated rings. The van der Waals surface area contributed by atoms with E-state index in [4.69, 9.17) is 5.11 Å². The molecule has 0 amide bonds. The summed E-state index contributed by atoms with van der Waals surface area (Å²) in [5, 5.41) is 8.57. The Morgan fingerprint density at radius 1 is 1.00 bits per heavy atom. The van der Waals surface area contributed by atoms with Gasteiger partial charge in [0.1, 0.15) is 0 Å². The Morgan fingerprint density at radius 2 is 1.71 bits per heavy atom. The number of unbranched alkanes of at least 4 members (excludes halogenated alkanes) is 6. The first-order valence-corrected chi connectivity index (χ1v) is 9.95. The van der Waals surface area contributed by atoms with Crippen LogP contribution in [0.1, 0.15) is 80.9 Å². The first kappa shape index (κ1) is 20.6. The molecule has 0 aliphatic carbocycles. The van der Waals surface area contributed by atoms with Gasteiger partial charge in [-0.25, -0.2) is 0 Å². The summed E-state index contributed by atoms with van der Waals surface area (Å²) in [6.45, 7) is 2.14. The highest BCUT2D eigenvalue weighted by atomic mass is 32.1. The number of rotatable bonds is 14. The Morgan fingerprint density at radius 3 is 2.46 bits per heavy atom. The number of carbonyl (C=O) groups excluding carboxylic acids is 1. The van der Waals surface area contributed by atoms with Crippen LogP contribution < -0.4 is 0 Å². The minimum Gasteiger partial charge on any atom is -0.481 e. The van der Waals surface area contributed by atoms with Crippen molar-refractivity contribution < 1.29 is 14.7 Å². The molecule has 0 saturated heterocycles. The molecule has 1 aromatic heterocycles. The molecule has 0 atom stereocenters. The second kappa shape index (κ2) is 12.9. The zero-order valence-electron chi connectivity index (χ0n) is 14.8. The van der Waals surface area contributed by atoms with E-state index in [-0.39, 0.29) is 12.2 Å². The molecule has 0 bridgehead atoms. The van der Waals surface area contributed by atoms with Crippen LogP contribution in [0.25, 0.3) is 6.08 Å². The molecule has 0 spiro atoms. The molecule has 1 aromatic rings. The number of hydrogen-bond donors (Lipinski definition) is 1. The van der Waals surface area contributed by atoms with Gasteiger partial charge in [0.25, 0.3) is 0 Å². The molecule has 134 valence electrons. The van der Waals surface area contributed by atoms with E-state index in [1.807, 2.05) is 6.08 Å². The largest absolute Gasteiger partial charge is 0.481 e. The SMILES string of the molecule is CCCCCC(=O)C=Cc1ccc(CCCCCCCC(=O)O)s1. The maximum absolute atomic E-state index is 11.7. The van der Waals surface area contributed by atoms with Gasteiger partial charge in [0, 0.05) is 22.6 Å². The van der Waals surface area contributed by atoms with E-state index in [0.717, 1.165) is 62.7 Å². The van der Waals surface area contributed by atoms with Crippen molar-refractivity contribution in [1.29, 1.82) is 0 Å². The molecular weight excluding hydrogens is 320 g/mol. The molecule has 1 heterocycles. The average Bonchev–Trinajstić information content (AvgIpc) is 3.00. The van der Waals surface area contributed by atoms with Crippen LogP contribution in [0, 0.1) is 0 Å². The average molecular weight is 351 g/mol. The van der Waals surface area contributed by atoms with Gasteiger partial charge in [0.2, 0.25) is 0 Å². The van der Waals surface area contributed by atoms with Crippen molar-refractivity contribution in [2.24, 2.45) is 0 Å². The van der Waals surface area contributed by atoms with E-state index in [1.165, 1.54) is 4.88 Å². The topological polar surface area (TPSA) is 54.4 Å². The lowest BCUT2D eigenvalue weighted by Crippen LogP contribution is -1.93. The minimum atomic E-state index is -0.696. The lowest BCUT2D eigenvalue weighted by Gasteiger charge is -1.99. The van der Waals surface area contributed by atoms with Gasteiger partial charge in [0.05, 0.1) is 0 Å². The standard InChI is InChI=1S/C20H30O3S/c1-2-3-7-10-17(21)13-14-19-16-15-18(24-19)11-8-5-4-6-9-12-20(22)23/h13-16H,2-12H2,1H3,(H,22,23). The molecule has 0 aliphatic rings. The van der Waals surface area contributed by atoms with Crippen LogP contribution >= 0.6 is 11.3 Å². The van der Waals surface area contributed by atoms with E-state index < -0.39 is 5.97 Å². The molecule has 0 unspecified atom stereocenters. The van der Waals surface area contributed by atoms with Gasteiger partial charge in [-0.05, 0) is 50.0 Å². The van der Waals surface area contributed by atoms with Crippen LogP contribution in [-0.2, 0) is 16.0 Å². The van der Waals surface area contributed by atoms with Gasteiger partial charge in [-0.2, -0.15) is 0 Å². The number of carboxylic acid groups (broad SMARTS) is 1. The van der Waals surface area contributed by atoms with Crippen molar-refractivity contribution in [2.45, 2.75) is 77.6 Å². The van der Waals surface area contributed by atoms with Gasteiger partial charge in [-0.3, -0.25) is 9.59 Å². The van der Waals surface area contributed by atoms with Crippen molar-refractivity contribution in [3.05, 3.63) is 28.0 Å². The first-order valence-electron chi connectivity index (χ1n) is 9.13. The Hall–Kier alpha value is -1.42. The van der Waals surface area contributed by atoms with Crippen LogP contribution in [0.5, 0.6) is 0 Å². The number of aryl methyl sites for hydroxylation is 1. The quantitative estimate of drug-likeness (QED) is 0.337. The third-order valence-corrected chi connectivity index (χ3v) is 5.07. The number of allylic oxidation sites excluding steroid dienone is 1. The van der Waals surface area contributed by atoms with E-state index in [2.05, 4.69) is 19.1 Å². The summed E-state index contributed by atoms with van der Waals surface area (Å²) >= 11 is 1.76. The van der Waals surface area contributed by atoms with Gasteiger partial charge < -0.3 is 5.11 Å². The van der Waals surface area contributed by atoms with Gasteiger partial charge in [-0.15, -0.1) is 11.3 Å². The van der Waals surface area contributed by atoms with E-state index >= 15 is 0 Å². The normalized spacial score (nSPS) is 11.2. The summed E-state index contributed by atoms with van der Waals surface area (Å²) in [7, 11) is 0. The summed E-state index contributed by atoms with van der Waals surface area (Å²) in [6.07, 6.45) is 14.1. The van der Waals surface area contributed by atoms with Crippen LogP contribution in [0.3, 0.4) is 0 Å². The van der Waals surface area contributed by atoms with Gasteiger partial charge >= 0.3 is 5.97 Å². The first-order chi connectivity index (χ1) is 11.6. The molecule has 0 aromatic carbocycles. The highest BCUT2D eigenvalue weighted by molar-refractivity contribution is 7.12. The van der Waals surface area contributed by atoms with Crippen LogP contribution in [0.15, 0.2) is 18.2 Å². The van der Waals surface area contributed by atoms with Crippen LogP contribution in [-0.4, -0.2) is 16.9 Å². The fraction of sp³-hybridized carbons (Fsp3) is 0.600. The molecule has 4 heteroatoms. The summed E-state index contributed by atoms with van der Waals surface area (Å²) in [5.74, 6) is -0.474. The number of carbonyl (C=O) groups is 2. The molecule has 1 N–H and O–H groups in total. The highest BCUT2D eigenvalue weighted by Crippen LogP contribution is 2.20. The Bertz CT molecular complexity index is 517. The lowest BCUT2D eigenvalue weighted by molar-refractivity contribution is -0.137. The maximum Gasteiger partial charge on any atom is 0.303 e. The summed E-state index contributed by atoms with van der Waals surface area (Å²) in [6, 6.07) is 4.24. The van der Waals surface area contributed by atoms with Crippen molar-refractivity contribution in [2.75, 3.05) is 0 Å². The van der Waals surface area contributed by atoms with E-state index in [9.17, 15) is 9.59 Å². The molecule has 0 aliphatic heterocycles. The summed E-state index contributed by atoms with van der Waals surface area (Å²) < 4.78 is 0. The molecule has 3 nitrogen and oxygen atoms in total. The number of ketones is 1. The van der Waals surface area contributed by atoms with Crippen molar-refractivity contribution in [1.82, 2.24) is 0 Å². The zero-order chi connectivity index (χ0) is 17.6. The van der Waals surface area contributed by atoms with Crippen molar-refractivity contribution in [3.8, 4) is 0 Å². The smallest absolute Gasteiger partial charge is 0.303 e. The fourth-order valence-electron chi connectivity index (χ4n) is 2.53. The van der Waals surface area contributed by atoms with Crippen LogP contribution in [0.4, 0.5) is 0 Å². The Balaban J connectivity index is 2.16. The number of aliphatic carboxylic acids is 1. The highest BCUT2D eigenvalue weighted by Gasteiger charge is 2.01. The lowest BCUT2D eigenvalue weighted by atomic mass is 10.1. The summed E-state index contributed by atoms with van der Waals surface area (Å²) in [4.78, 5) is 24.6. The zero-order valence-corrected chi connectivity index (χ0v) is 15.6. The minimum absolute atomic E-state index is 0.222. The monoisotopic (exact) mass is 350 g/mol. The Kier molecular flexibility index (Phi) is 11.1. The Labute approximate surface area is 149 Å². The molecule has 0 saturated carbocycles. The van der Waals surface area contributed by atoms with E-state index in [1.54, 1.807) is 17.4 Å². The molecule has 0 radical (unpaired) electrons. The summed E-state index contributed by atoms with van der Waals surface area (Å²) in [5.41, 5.74) is 0. The van der Waals surface area contributed by atoms with E-state index in [0.29, 0.717) is 6.42 Å². The molecular formula is C20H30O3S. The molecule has 24 heavy (non-hydrogen) atoms. The second-order valence-electron chi connectivity index (χ2n) is 6.22. The third kappa shape index (κ3) is 10.4. The van der Waals surface area contributed by atoms with Gasteiger partial charge in [0.15, 0.2) is 5.78 Å². The third-order valence-electron chi connectivity index (χ3n) is 3.96. The number of thiophene rings is 1. The predicted molar refractivity (Wildman–Crippen MR) is 102 cm³/mol. The van der Waals surface area contributed by atoms with Crippen LogP contribution in [0.2, 0.25) is 0 Å². The predicted octanol–water partition coefficient (Wildman–Crippen LogP) is 5.88. The van der Waals surface area contributed by atoms with Crippen molar-refractivity contribution in [3.63, 3.8) is 0 Å². The fourth-order valence-corrected chi connectivity index (χ4v) is 3.49. The maximum atomic E-state index is 11.7. The van der Waals surface area contributed by atoms with Crippen molar-refractivity contribution >= 4 is 29.2 Å².